The Bertz CT molecular complexity index is 821. The number of rotatable bonds is 17. The molecule has 3 unspecified atom stereocenters. The van der Waals surface area contributed by atoms with Gasteiger partial charge in [-0.1, -0.05) is 0 Å². The van der Waals surface area contributed by atoms with Gasteiger partial charge >= 0.3 is 246 Å². The van der Waals surface area contributed by atoms with E-state index in [1.807, 2.05) is 0 Å². The van der Waals surface area contributed by atoms with Gasteiger partial charge in [-0.15, -0.1) is 0 Å². The van der Waals surface area contributed by atoms with Crippen LogP contribution in [0.2, 0.25) is 0 Å². The van der Waals surface area contributed by atoms with E-state index in [1.54, 1.807) is 5.56 Å². The third-order valence-electron chi connectivity index (χ3n) is 9.76. The SMILES string of the molecule is CCCC[PH](CCCC)(CCCC)Cc1ccc(C(C(C)C(C)(C)C(CC(C)(C)C)C(N)=O)C(C)(C)C)cc1. The van der Waals surface area contributed by atoms with Gasteiger partial charge in [0.25, 0.3) is 0 Å². The zero-order chi connectivity index (χ0) is 30.1. The van der Waals surface area contributed by atoms with Crippen molar-refractivity contribution < 1.29 is 4.79 Å². The predicted molar refractivity (Wildman–Crippen MR) is 180 cm³/mol. The van der Waals surface area contributed by atoms with Gasteiger partial charge in [0.2, 0.25) is 0 Å². The molecule has 1 rings (SSSR count). The van der Waals surface area contributed by atoms with Gasteiger partial charge in [0, 0.05) is 0 Å². The van der Waals surface area contributed by atoms with Crippen molar-refractivity contribution in [2.75, 3.05) is 18.5 Å². The van der Waals surface area contributed by atoms with E-state index >= 15 is 0 Å². The molecule has 0 radical (unpaired) electrons. The maximum absolute atomic E-state index is 12.8. The van der Waals surface area contributed by atoms with E-state index in [-0.39, 0.29) is 28.1 Å². The molecule has 0 bridgehead atoms. The number of nitrogens with two attached hydrogens (primary N) is 1. The van der Waals surface area contributed by atoms with Gasteiger partial charge in [0.05, 0.1) is 0 Å². The predicted octanol–water partition coefficient (Wildman–Crippen LogP) is 10.7. The molecule has 0 spiro atoms. The van der Waals surface area contributed by atoms with Gasteiger partial charge in [-0.05, 0) is 0 Å². The molecule has 0 fully saturated rings. The number of unbranched alkanes of at least 4 members (excludes halogenated alkanes) is 3. The molecule has 0 aliphatic heterocycles. The van der Waals surface area contributed by atoms with E-state index < -0.39 is 7.26 Å². The summed E-state index contributed by atoms with van der Waals surface area (Å²) in [5.41, 5.74) is 8.94. The number of benzene rings is 1. The first-order valence-corrected chi connectivity index (χ1v) is 19.1. The molecule has 0 aliphatic carbocycles. The molecule has 1 amide bonds. The maximum atomic E-state index is 12.8. The molecule has 0 heterocycles. The molecule has 3 atom stereocenters. The van der Waals surface area contributed by atoms with Crippen molar-refractivity contribution >= 4 is 13.2 Å². The quantitative estimate of drug-likeness (QED) is 0.189. The van der Waals surface area contributed by atoms with E-state index in [9.17, 15) is 4.79 Å². The summed E-state index contributed by atoms with van der Waals surface area (Å²) in [6, 6.07) is 9.78. The third kappa shape index (κ3) is 11.1. The molecule has 39 heavy (non-hydrogen) atoms. The van der Waals surface area contributed by atoms with Crippen molar-refractivity contribution in [1.29, 1.82) is 0 Å². The van der Waals surface area contributed by atoms with Crippen molar-refractivity contribution in [1.82, 2.24) is 0 Å². The summed E-state index contributed by atoms with van der Waals surface area (Å²) < 4.78 is 0. The van der Waals surface area contributed by atoms with Crippen LogP contribution < -0.4 is 5.73 Å². The topological polar surface area (TPSA) is 43.1 Å². The molecule has 0 saturated heterocycles. The molecular formula is C36H68NOP. The number of carbonyl (C=O) groups is 1. The fourth-order valence-electron chi connectivity index (χ4n) is 7.20. The summed E-state index contributed by atoms with van der Waals surface area (Å²) >= 11 is 0. The van der Waals surface area contributed by atoms with E-state index in [4.69, 9.17) is 5.73 Å². The molecule has 3 heteroatoms. The van der Waals surface area contributed by atoms with Gasteiger partial charge in [-0.25, -0.2) is 0 Å². The first kappa shape index (κ1) is 36.1. The molecule has 2 nitrogen and oxygen atoms in total. The number of carbonyl (C=O) groups excluding carboxylic acids is 1. The van der Waals surface area contributed by atoms with E-state index in [0.29, 0.717) is 11.8 Å². The summed E-state index contributed by atoms with van der Waals surface area (Å²) in [6.07, 6.45) is 14.7. The Morgan fingerprint density at radius 2 is 1.23 bits per heavy atom. The average molecular weight is 562 g/mol. The molecule has 2 N–H and O–H groups in total. The molecule has 1 aromatic carbocycles. The summed E-state index contributed by atoms with van der Waals surface area (Å²) in [4.78, 5) is 12.8. The van der Waals surface area contributed by atoms with Gasteiger partial charge in [0.15, 0.2) is 0 Å². The Morgan fingerprint density at radius 3 is 1.56 bits per heavy atom. The molecule has 0 aromatic heterocycles. The van der Waals surface area contributed by atoms with Crippen molar-refractivity contribution in [3.05, 3.63) is 35.4 Å². The van der Waals surface area contributed by atoms with Crippen LogP contribution in [-0.4, -0.2) is 24.4 Å². The normalized spacial score (nSPS) is 16.1. The van der Waals surface area contributed by atoms with Crippen molar-refractivity contribution in [3.63, 3.8) is 0 Å². The molecule has 228 valence electrons. The second-order valence-electron chi connectivity index (χ2n) is 15.9. The van der Waals surface area contributed by atoms with Crippen LogP contribution in [0.3, 0.4) is 0 Å². The van der Waals surface area contributed by atoms with Crippen molar-refractivity contribution in [3.8, 4) is 0 Å². The van der Waals surface area contributed by atoms with E-state index in [0.717, 1.165) is 6.42 Å². The minimum atomic E-state index is -1.33. The van der Waals surface area contributed by atoms with Crippen LogP contribution in [0.1, 0.15) is 145 Å². The standard InChI is InChI=1S/C36H68NOP/c1-13-16-23-39(24-17-14-2,25-18-15-3)27-29-19-21-30(22-20-29)32(35(8,9)10)28(4)36(11,12)31(33(37)38)26-34(5,6)7/h19-22,28,31-32,39H,13-18,23-27H2,1-12H3,(H2,37,38). The first-order chi connectivity index (χ1) is 17.9. The van der Waals surface area contributed by atoms with E-state index in [2.05, 4.69) is 107 Å². The summed E-state index contributed by atoms with van der Waals surface area (Å²) in [6.45, 7) is 27.7. The Balaban J connectivity index is 3.40. The van der Waals surface area contributed by atoms with Crippen LogP contribution in [0.5, 0.6) is 0 Å². The fraction of sp³-hybridized carbons (Fsp3) is 0.806. The number of primary amides is 1. The van der Waals surface area contributed by atoms with Gasteiger partial charge < -0.3 is 0 Å². The summed E-state index contributed by atoms with van der Waals surface area (Å²) in [5, 5.41) is 0. The summed E-state index contributed by atoms with van der Waals surface area (Å²) in [7, 11) is -1.33. The third-order valence-corrected chi connectivity index (χ3v) is 15.2. The van der Waals surface area contributed by atoms with Crippen LogP contribution in [0.25, 0.3) is 0 Å². The first-order valence-electron chi connectivity index (χ1n) is 16.3. The second-order valence-corrected chi connectivity index (χ2v) is 20.8. The number of amides is 1. The van der Waals surface area contributed by atoms with Crippen LogP contribution in [-0.2, 0) is 11.0 Å². The monoisotopic (exact) mass is 562 g/mol. The number of hydrogen-bond donors (Lipinski definition) is 1. The van der Waals surface area contributed by atoms with Crippen LogP contribution >= 0.6 is 7.26 Å². The Labute approximate surface area is 245 Å². The summed E-state index contributed by atoms with van der Waals surface area (Å²) in [5.74, 6) is 0.331. The van der Waals surface area contributed by atoms with E-state index in [1.165, 1.54) is 68.7 Å². The zero-order valence-corrected chi connectivity index (χ0v) is 29.3. The van der Waals surface area contributed by atoms with Crippen molar-refractivity contribution in [2.45, 2.75) is 140 Å². The average Bonchev–Trinajstić information content (AvgIpc) is 2.83. The minimum absolute atomic E-state index is 0.0548. The Morgan fingerprint density at radius 1 is 0.795 bits per heavy atom. The van der Waals surface area contributed by atoms with Gasteiger partial charge in [0.1, 0.15) is 0 Å². The second kappa shape index (κ2) is 15.4. The van der Waals surface area contributed by atoms with Crippen LogP contribution in [0.4, 0.5) is 0 Å². The fourth-order valence-corrected chi connectivity index (χ4v) is 12.9. The molecule has 1 aromatic rings. The molecule has 0 aliphatic rings. The van der Waals surface area contributed by atoms with Crippen LogP contribution in [0, 0.1) is 28.1 Å². The van der Waals surface area contributed by atoms with Gasteiger partial charge in [-0.2, -0.15) is 0 Å². The van der Waals surface area contributed by atoms with Crippen LogP contribution in [0.15, 0.2) is 24.3 Å². The zero-order valence-electron chi connectivity index (χ0n) is 28.3. The Hall–Kier alpha value is -0.880. The Kier molecular flexibility index (Phi) is 14.3. The van der Waals surface area contributed by atoms with Crippen molar-refractivity contribution in [2.24, 2.45) is 33.8 Å². The molecular weight excluding hydrogens is 493 g/mol. The number of hydrogen-bond acceptors (Lipinski definition) is 1. The van der Waals surface area contributed by atoms with Gasteiger partial charge in [-0.3, -0.25) is 0 Å². The molecule has 0 saturated carbocycles.